The van der Waals surface area contributed by atoms with Crippen LogP contribution < -0.4 is 0 Å². The van der Waals surface area contributed by atoms with Gasteiger partial charge in [-0.1, -0.05) is 0 Å². The molecule has 36 heavy (non-hydrogen) atoms. The average Bonchev–Trinajstić information content (AvgIpc) is 3.01. The van der Waals surface area contributed by atoms with Crippen LogP contribution >= 0.6 is 0 Å². The highest BCUT2D eigenvalue weighted by molar-refractivity contribution is 5.89. The van der Waals surface area contributed by atoms with Crippen molar-refractivity contribution in [3.8, 4) is 23.0 Å². The number of phenols is 4. The standard InChI is InChI=1S/C26H30N4O6/c1-11-12(2)20(32)16-8-28-24(36)30-10-18-17(21(33)13(3)14(4)22(18)34)9-29-23(35)27(7-15(16)19(11)31)25(28,5)26(29,30)6/h31-34H,7-10H2,1-6H3. The minimum absolute atomic E-state index is 0.00586. The molecule has 190 valence electrons. The van der Waals surface area contributed by atoms with E-state index in [9.17, 15) is 30.0 Å². The Morgan fingerprint density at radius 1 is 0.500 bits per heavy atom. The first kappa shape index (κ1) is 22.6. The van der Waals surface area contributed by atoms with Crippen LogP contribution in [0.25, 0.3) is 0 Å². The molecule has 0 aromatic heterocycles. The molecule has 4 aliphatic heterocycles. The first-order valence-electron chi connectivity index (χ1n) is 12.0. The van der Waals surface area contributed by atoms with Crippen molar-refractivity contribution in [1.29, 1.82) is 0 Å². The maximum absolute atomic E-state index is 14.1. The second kappa shape index (κ2) is 6.48. The van der Waals surface area contributed by atoms with Crippen molar-refractivity contribution in [2.45, 2.75) is 79.0 Å². The van der Waals surface area contributed by atoms with Crippen LogP contribution in [0, 0.1) is 27.7 Å². The topological polar surface area (TPSA) is 128 Å². The second-order valence-corrected chi connectivity index (χ2v) is 10.8. The normalized spacial score (nSPS) is 26.2. The van der Waals surface area contributed by atoms with Crippen LogP contribution in [-0.2, 0) is 26.2 Å². The summed E-state index contributed by atoms with van der Waals surface area (Å²) in [4.78, 5) is 34.5. The Labute approximate surface area is 208 Å². The third kappa shape index (κ3) is 2.16. The minimum atomic E-state index is -1.15. The number of urea groups is 2. The molecular weight excluding hydrogens is 464 g/mol. The van der Waals surface area contributed by atoms with Crippen molar-refractivity contribution in [3.63, 3.8) is 0 Å². The number of aromatic hydroxyl groups is 4. The number of nitrogens with zero attached hydrogens (tertiary/aromatic N) is 4. The highest BCUT2D eigenvalue weighted by Gasteiger charge is 2.75. The third-order valence-corrected chi connectivity index (χ3v) is 9.61. The maximum Gasteiger partial charge on any atom is 0.324 e. The number of fused-ring (bicyclic) bond motifs is 2. The minimum Gasteiger partial charge on any atom is -0.507 e. The first-order chi connectivity index (χ1) is 16.8. The summed E-state index contributed by atoms with van der Waals surface area (Å²) in [6.45, 7) is 10.5. The Morgan fingerprint density at radius 2 is 0.694 bits per heavy atom. The number of phenolic OH excluding ortho intramolecular Hbond substituents is 4. The van der Waals surface area contributed by atoms with Crippen molar-refractivity contribution in [2.24, 2.45) is 0 Å². The molecule has 2 aromatic rings. The van der Waals surface area contributed by atoms with Gasteiger partial charge in [-0.15, -0.1) is 0 Å². The summed E-state index contributed by atoms with van der Waals surface area (Å²) in [7, 11) is 0. The highest BCUT2D eigenvalue weighted by atomic mass is 16.3. The summed E-state index contributed by atoms with van der Waals surface area (Å²) in [5.41, 5.74) is 1.49. The van der Waals surface area contributed by atoms with Crippen molar-refractivity contribution in [3.05, 3.63) is 44.5 Å². The van der Waals surface area contributed by atoms with Crippen LogP contribution in [0.2, 0.25) is 0 Å². The summed E-state index contributed by atoms with van der Waals surface area (Å²) in [6, 6.07) is -0.727. The van der Waals surface area contributed by atoms with Crippen LogP contribution in [0.15, 0.2) is 0 Å². The Bertz CT molecular complexity index is 1230. The van der Waals surface area contributed by atoms with Gasteiger partial charge in [-0.05, 0) is 63.8 Å². The van der Waals surface area contributed by atoms with E-state index in [1.165, 1.54) is 0 Å². The van der Waals surface area contributed by atoms with E-state index < -0.39 is 11.3 Å². The van der Waals surface area contributed by atoms with E-state index in [4.69, 9.17) is 0 Å². The zero-order chi connectivity index (χ0) is 26.2. The molecule has 0 bridgehead atoms. The average molecular weight is 495 g/mol. The van der Waals surface area contributed by atoms with E-state index >= 15 is 0 Å². The molecule has 0 spiro atoms. The molecule has 6 rings (SSSR count). The Kier molecular flexibility index (Phi) is 4.08. The highest BCUT2D eigenvalue weighted by Crippen LogP contribution is 2.58. The molecule has 0 atom stereocenters. The Hall–Kier alpha value is -3.82. The Balaban J connectivity index is 1.61. The molecule has 2 aromatic carbocycles. The smallest absolute Gasteiger partial charge is 0.324 e. The summed E-state index contributed by atoms with van der Waals surface area (Å²) in [5, 5.41) is 44.1. The van der Waals surface area contributed by atoms with E-state index in [2.05, 4.69) is 0 Å². The van der Waals surface area contributed by atoms with Crippen LogP contribution in [0.5, 0.6) is 23.0 Å². The van der Waals surface area contributed by atoms with Crippen molar-refractivity contribution < 1.29 is 30.0 Å². The van der Waals surface area contributed by atoms with Gasteiger partial charge in [0.25, 0.3) is 0 Å². The van der Waals surface area contributed by atoms with E-state index in [-0.39, 0.29) is 61.2 Å². The lowest BCUT2D eigenvalue weighted by molar-refractivity contribution is -0.0429. The number of benzene rings is 2. The van der Waals surface area contributed by atoms with E-state index in [1.807, 2.05) is 13.8 Å². The predicted molar refractivity (Wildman–Crippen MR) is 128 cm³/mol. The summed E-state index contributed by atoms with van der Waals surface area (Å²) < 4.78 is 0. The molecular formula is C26H30N4O6. The van der Waals surface area contributed by atoms with Crippen LogP contribution in [0.4, 0.5) is 9.59 Å². The van der Waals surface area contributed by atoms with Gasteiger partial charge < -0.3 is 20.4 Å². The molecule has 0 radical (unpaired) electrons. The van der Waals surface area contributed by atoms with E-state index in [0.29, 0.717) is 44.5 Å². The van der Waals surface area contributed by atoms with E-state index in [0.717, 1.165) is 0 Å². The number of amides is 4. The lowest BCUT2D eigenvalue weighted by Gasteiger charge is -2.44. The van der Waals surface area contributed by atoms with Gasteiger partial charge in [0.05, 0.1) is 26.2 Å². The zero-order valence-electron chi connectivity index (χ0n) is 21.2. The van der Waals surface area contributed by atoms with Crippen molar-refractivity contribution >= 4 is 12.1 Å². The summed E-state index contributed by atoms with van der Waals surface area (Å²) in [6.07, 6.45) is 0. The van der Waals surface area contributed by atoms with Crippen LogP contribution in [0.3, 0.4) is 0 Å². The van der Waals surface area contributed by atoms with Crippen LogP contribution in [0.1, 0.15) is 58.4 Å². The fourth-order valence-electron chi connectivity index (χ4n) is 6.74. The molecule has 10 nitrogen and oxygen atoms in total. The monoisotopic (exact) mass is 494 g/mol. The lowest BCUT2D eigenvalue weighted by atomic mass is 9.95. The predicted octanol–water partition coefficient (Wildman–Crippen LogP) is 3.38. The largest absolute Gasteiger partial charge is 0.507 e. The Morgan fingerprint density at radius 3 is 0.889 bits per heavy atom. The van der Waals surface area contributed by atoms with Crippen molar-refractivity contribution in [1.82, 2.24) is 19.6 Å². The first-order valence-corrected chi connectivity index (χ1v) is 12.0. The van der Waals surface area contributed by atoms with Gasteiger partial charge >= 0.3 is 12.1 Å². The van der Waals surface area contributed by atoms with Gasteiger partial charge in [0.15, 0.2) is 11.3 Å². The molecule has 4 N–H and O–H groups in total. The fourth-order valence-corrected chi connectivity index (χ4v) is 6.74. The quantitative estimate of drug-likeness (QED) is 0.416. The van der Waals surface area contributed by atoms with Gasteiger partial charge in [0, 0.05) is 22.3 Å². The number of carbonyl (C=O) groups excluding carboxylic acids is 2. The maximum atomic E-state index is 14.1. The van der Waals surface area contributed by atoms with Gasteiger partial charge in [-0.2, -0.15) is 0 Å². The molecule has 0 aliphatic carbocycles. The van der Waals surface area contributed by atoms with Gasteiger partial charge in [0.2, 0.25) is 0 Å². The van der Waals surface area contributed by atoms with Crippen molar-refractivity contribution in [2.75, 3.05) is 0 Å². The molecule has 2 fully saturated rings. The van der Waals surface area contributed by atoms with Gasteiger partial charge in [0.1, 0.15) is 23.0 Å². The molecule has 4 heterocycles. The van der Waals surface area contributed by atoms with Gasteiger partial charge in [-0.3, -0.25) is 19.6 Å². The summed E-state index contributed by atoms with van der Waals surface area (Å²) >= 11 is 0. The molecule has 0 unspecified atom stereocenters. The lowest BCUT2D eigenvalue weighted by Crippen LogP contribution is -2.63. The molecule has 4 aliphatic rings. The number of rotatable bonds is 0. The molecule has 4 amide bonds. The third-order valence-electron chi connectivity index (χ3n) is 9.61. The van der Waals surface area contributed by atoms with Gasteiger partial charge in [-0.25, -0.2) is 9.59 Å². The van der Waals surface area contributed by atoms with E-state index in [1.54, 1.807) is 47.3 Å². The molecule has 2 saturated heterocycles. The molecule has 10 heteroatoms. The summed E-state index contributed by atoms with van der Waals surface area (Å²) in [5.74, 6) is 0.0313. The zero-order valence-corrected chi connectivity index (χ0v) is 21.2. The number of carbonyl (C=O) groups is 2. The van der Waals surface area contributed by atoms with Crippen LogP contribution in [-0.4, -0.2) is 63.4 Å². The number of hydrogen-bond donors (Lipinski definition) is 4. The SMILES string of the molecule is Cc1c(C)c(O)c2c(c1O)CN1C(=O)N3Cc4c(O)c(C)c(C)c(O)c4CN4C(=O)N(C2)C1(C)C34C. The fraction of sp³-hybridized carbons (Fsp3) is 0.462. The molecule has 0 saturated carbocycles. The second-order valence-electron chi connectivity index (χ2n) is 10.8. The number of hydrogen-bond acceptors (Lipinski definition) is 6.